The van der Waals surface area contributed by atoms with Crippen LogP contribution in [0.5, 0.6) is 17.2 Å². The van der Waals surface area contributed by atoms with E-state index in [0.717, 1.165) is 21.8 Å². The standard InChI is InChI=1S/C26H25ClN4O4S/c1-33-22-13-24(35-3)23(34-2)12-18(22)14-28-30-25(32)16-36-26-29-20-6-4-5-7-21(20)31(26)15-17-8-10-19(27)11-9-17/h4-14H,15-16H2,1-3H3,(H,30,32)/b28-14+. The molecule has 0 unspecified atom stereocenters. The zero-order valence-electron chi connectivity index (χ0n) is 20.0. The molecule has 36 heavy (non-hydrogen) atoms. The van der Waals surface area contributed by atoms with Crippen LogP contribution in [0.3, 0.4) is 0 Å². The highest BCUT2D eigenvalue weighted by molar-refractivity contribution is 7.99. The number of nitrogens with one attached hydrogen (secondary N) is 1. The second-order valence-corrected chi connectivity index (χ2v) is 9.01. The van der Waals surface area contributed by atoms with Crippen molar-refractivity contribution in [1.29, 1.82) is 0 Å². The molecule has 1 N–H and O–H groups in total. The lowest BCUT2D eigenvalue weighted by molar-refractivity contribution is -0.118. The van der Waals surface area contributed by atoms with Gasteiger partial charge in [0.25, 0.3) is 5.91 Å². The Kier molecular flexibility index (Phi) is 8.35. The number of ether oxygens (including phenoxy) is 3. The summed E-state index contributed by atoms with van der Waals surface area (Å²) in [5.41, 5.74) is 6.14. The number of amides is 1. The first-order valence-electron chi connectivity index (χ1n) is 11.0. The van der Waals surface area contributed by atoms with Gasteiger partial charge in [-0.3, -0.25) is 4.79 Å². The Morgan fingerprint density at radius 2 is 1.72 bits per heavy atom. The molecule has 0 radical (unpaired) electrons. The van der Waals surface area contributed by atoms with Crippen molar-refractivity contribution in [3.05, 3.63) is 76.8 Å². The summed E-state index contributed by atoms with van der Waals surface area (Å²) in [6.07, 6.45) is 1.50. The minimum atomic E-state index is -0.263. The highest BCUT2D eigenvalue weighted by atomic mass is 35.5. The van der Waals surface area contributed by atoms with Crippen LogP contribution in [0, 0.1) is 0 Å². The molecule has 0 atom stereocenters. The summed E-state index contributed by atoms with van der Waals surface area (Å²) in [5, 5.41) is 5.51. The molecule has 0 spiro atoms. The van der Waals surface area contributed by atoms with Gasteiger partial charge in [0.2, 0.25) is 0 Å². The molecular weight excluding hydrogens is 500 g/mol. The normalized spacial score (nSPS) is 11.1. The van der Waals surface area contributed by atoms with Crippen molar-refractivity contribution in [2.45, 2.75) is 11.7 Å². The largest absolute Gasteiger partial charge is 0.496 e. The molecule has 1 amide bonds. The lowest BCUT2D eigenvalue weighted by Gasteiger charge is -2.11. The molecule has 0 saturated heterocycles. The number of halogens is 1. The molecule has 4 rings (SSSR count). The molecule has 1 heterocycles. The Bertz CT molecular complexity index is 1390. The van der Waals surface area contributed by atoms with Crippen LogP contribution in [0.2, 0.25) is 5.02 Å². The van der Waals surface area contributed by atoms with E-state index in [1.165, 1.54) is 18.0 Å². The monoisotopic (exact) mass is 524 g/mol. The fraction of sp³-hybridized carbons (Fsp3) is 0.192. The molecule has 8 nitrogen and oxygen atoms in total. The maximum atomic E-state index is 12.5. The molecule has 1 aromatic heterocycles. The third-order valence-corrected chi connectivity index (χ3v) is 6.56. The topological polar surface area (TPSA) is 87.0 Å². The number of hydrogen-bond acceptors (Lipinski definition) is 7. The van der Waals surface area contributed by atoms with Gasteiger partial charge in [-0.2, -0.15) is 5.10 Å². The second-order valence-electron chi connectivity index (χ2n) is 7.63. The molecule has 10 heteroatoms. The number of aromatic nitrogens is 2. The minimum Gasteiger partial charge on any atom is -0.496 e. The smallest absolute Gasteiger partial charge is 0.250 e. The van der Waals surface area contributed by atoms with Gasteiger partial charge in [0.05, 0.1) is 50.9 Å². The summed E-state index contributed by atoms with van der Waals surface area (Å²) in [6, 6.07) is 19.0. The van der Waals surface area contributed by atoms with E-state index in [9.17, 15) is 4.79 Å². The van der Waals surface area contributed by atoms with Gasteiger partial charge in [-0.05, 0) is 35.9 Å². The third kappa shape index (κ3) is 5.92. The van der Waals surface area contributed by atoms with E-state index in [-0.39, 0.29) is 11.7 Å². The zero-order valence-corrected chi connectivity index (χ0v) is 21.6. The van der Waals surface area contributed by atoms with Crippen LogP contribution in [0.1, 0.15) is 11.1 Å². The van der Waals surface area contributed by atoms with E-state index in [2.05, 4.69) is 15.1 Å². The number of hydrazone groups is 1. The highest BCUT2D eigenvalue weighted by Crippen LogP contribution is 2.33. The van der Waals surface area contributed by atoms with Crippen molar-refractivity contribution >= 4 is 46.5 Å². The number of carbonyl (C=O) groups is 1. The number of hydrogen-bond donors (Lipinski definition) is 1. The average Bonchev–Trinajstić information content (AvgIpc) is 3.25. The molecule has 0 aliphatic heterocycles. The molecule has 0 aliphatic rings. The van der Waals surface area contributed by atoms with Crippen LogP contribution < -0.4 is 19.6 Å². The van der Waals surface area contributed by atoms with Gasteiger partial charge in [-0.15, -0.1) is 0 Å². The van der Waals surface area contributed by atoms with E-state index >= 15 is 0 Å². The van der Waals surface area contributed by atoms with Gasteiger partial charge in [-0.1, -0.05) is 47.6 Å². The van der Waals surface area contributed by atoms with E-state index in [4.69, 9.17) is 30.8 Å². The number of thioether (sulfide) groups is 1. The van der Waals surface area contributed by atoms with Gasteiger partial charge >= 0.3 is 0 Å². The fourth-order valence-corrected chi connectivity index (χ4v) is 4.51. The summed E-state index contributed by atoms with van der Waals surface area (Å²) < 4.78 is 18.1. The first-order chi connectivity index (χ1) is 17.5. The summed E-state index contributed by atoms with van der Waals surface area (Å²) in [5.74, 6) is 1.48. The number of imidazole rings is 1. The maximum Gasteiger partial charge on any atom is 0.250 e. The second kappa shape index (κ2) is 11.8. The molecular formula is C26H25ClN4O4S. The first-order valence-corrected chi connectivity index (χ1v) is 12.3. The van der Waals surface area contributed by atoms with Crippen molar-refractivity contribution in [2.75, 3.05) is 27.1 Å². The van der Waals surface area contributed by atoms with Crippen LogP contribution in [-0.4, -0.2) is 48.8 Å². The number of methoxy groups -OCH3 is 3. The zero-order chi connectivity index (χ0) is 25.5. The van der Waals surface area contributed by atoms with Gasteiger partial charge in [0, 0.05) is 16.7 Å². The van der Waals surface area contributed by atoms with Gasteiger partial charge < -0.3 is 18.8 Å². The Morgan fingerprint density at radius 1 is 1.03 bits per heavy atom. The predicted octanol–water partition coefficient (Wildman–Crippen LogP) is 5.01. The van der Waals surface area contributed by atoms with E-state index in [0.29, 0.717) is 34.4 Å². The maximum absolute atomic E-state index is 12.5. The van der Waals surface area contributed by atoms with Crippen LogP contribution in [-0.2, 0) is 11.3 Å². The third-order valence-electron chi connectivity index (χ3n) is 5.33. The fourth-order valence-electron chi connectivity index (χ4n) is 3.58. The lowest BCUT2D eigenvalue weighted by atomic mass is 10.2. The summed E-state index contributed by atoms with van der Waals surface area (Å²) in [7, 11) is 4.64. The predicted molar refractivity (Wildman–Crippen MR) is 143 cm³/mol. The minimum absolute atomic E-state index is 0.143. The van der Waals surface area contributed by atoms with Crippen LogP contribution in [0.4, 0.5) is 0 Å². The van der Waals surface area contributed by atoms with Crippen molar-refractivity contribution < 1.29 is 19.0 Å². The SMILES string of the molecule is COc1cc(OC)c(OC)cc1/C=N/NC(=O)CSc1nc2ccccc2n1Cc1ccc(Cl)cc1. The highest BCUT2D eigenvalue weighted by Gasteiger charge is 2.14. The Morgan fingerprint density at radius 3 is 2.44 bits per heavy atom. The van der Waals surface area contributed by atoms with Crippen molar-refractivity contribution in [3.8, 4) is 17.2 Å². The first kappa shape index (κ1) is 25.4. The van der Waals surface area contributed by atoms with E-state index < -0.39 is 0 Å². The lowest BCUT2D eigenvalue weighted by Crippen LogP contribution is -2.20. The summed E-state index contributed by atoms with van der Waals surface area (Å²) in [4.78, 5) is 17.3. The van der Waals surface area contributed by atoms with Gasteiger partial charge in [0.15, 0.2) is 16.7 Å². The number of carbonyl (C=O) groups excluding carboxylic acids is 1. The molecule has 0 fully saturated rings. The average molecular weight is 525 g/mol. The molecule has 0 bridgehead atoms. The van der Waals surface area contributed by atoms with E-state index in [1.807, 2.05) is 48.5 Å². The quantitative estimate of drug-likeness (QED) is 0.178. The number of fused-ring (bicyclic) bond motifs is 1. The van der Waals surface area contributed by atoms with Crippen LogP contribution in [0.25, 0.3) is 11.0 Å². The molecule has 0 aliphatic carbocycles. The number of nitrogens with zero attached hydrogens (tertiary/aromatic N) is 3. The van der Waals surface area contributed by atoms with E-state index in [1.54, 1.807) is 33.5 Å². The summed E-state index contributed by atoms with van der Waals surface area (Å²) in [6.45, 7) is 0.610. The molecule has 186 valence electrons. The Balaban J connectivity index is 1.45. The summed E-state index contributed by atoms with van der Waals surface area (Å²) >= 11 is 7.38. The molecule has 3 aromatic carbocycles. The van der Waals surface area contributed by atoms with Gasteiger partial charge in [0.1, 0.15) is 5.75 Å². The Labute approximate surface area is 218 Å². The molecule has 0 saturated carbocycles. The van der Waals surface area contributed by atoms with Crippen molar-refractivity contribution in [3.63, 3.8) is 0 Å². The van der Waals surface area contributed by atoms with Crippen molar-refractivity contribution in [1.82, 2.24) is 15.0 Å². The number of benzene rings is 3. The molecule has 4 aromatic rings. The van der Waals surface area contributed by atoms with Gasteiger partial charge in [-0.25, -0.2) is 10.4 Å². The number of para-hydroxylation sites is 2. The van der Waals surface area contributed by atoms with Crippen LogP contribution in [0.15, 0.2) is 70.9 Å². The van der Waals surface area contributed by atoms with Crippen LogP contribution >= 0.6 is 23.4 Å². The number of rotatable bonds is 10. The van der Waals surface area contributed by atoms with Crippen molar-refractivity contribution in [2.24, 2.45) is 5.10 Å². The Hall–Kier alpha value is -3.69.